The van der Waals surface area contributed by atoms with Crippen molar-refractivity contribution in [3.8, 4) is 11.5 Å². The number of methoxy groups -OCH3 is 1. The van der Waals surface area contributed by atoms with Crippen molar-refractivity contribution in [3.05, 3.63) is 46.3 Å². The number of hydrogen-bond donors (Lipinski definition) is 2. The second-order valence-corrected chi connectivity index (χ2v) is 11.9. The van der Waals surface area contributed by atoms with E-state index in [4.69, 9.17) is 14.6 Å². The summed E-state index contributed by atoms with van der Waals surface area (Å²) in [7, 11) is 1.44. The molecule has 0 atom stereocenters. The van der Waals surface area contributed by atoms with Crippen LogP contribution >= 0.6 is 0 Å². The monoisotopic (exact) mass is 525 g/mol. The highest BCUT2D eigenvalue weighted by Crippen LogP contribution is 2.54. The van der Waals surface area contributed by atoms with E-state index >= 15 is 0 Å². The highest BCUT2D eigenvalue weighted by Gasteiger charge is 2.49. The van der Waals surface area contributed by atoms with Crippen LogP contribution in [0.2, 0.25) is 0 Å². The quantitative estimate of drug-likeness (QED) is 0.509. The van der Waals surface area contributed by atoms with Crippen molar-refractivity contribution in [1.29, 1.82) is 0 Å². The van der Waals surface area contributed by atoms with Crippen LogP contribution in [0, 0.1) is 10.8 Å². The van der Waals surface area contributed by atoms with Crippen molar-refractivity contribution in [2.45, 2.75) is 65.7 Å². The minimum Gasteiger partial charge on any atom is -0.493 e. The number of ether oxygens (including phenoxy) is 2. The Bertz CT molecular complexity index is 1220. The number of aliphatic carboxylic acids is 2. The lowest BCUT2D eigenvalue weighted by molar-refractivity contribution is -0.139. The molecule has 38 heavy (non-hydrogen) atoms. The highest BCUT2D eigenvalue weighted by molar-refractivity contribution is 6.06. The lowest BCUT2D eigenvalue weighted by Crippen LogP contribution is -2.45. The molecule has 2 N–H and O–H groups in total. The summed E-state index contributed by atoms with van der Waals surface area (Å²) in [5, 5.41) is 18.5. The first-order valence-corrected chi connectivity index (χ1v) is 12.8. The van der Waals surface area contributed by atoms with Crippen molar-refractivity contribution < 1.29 is 38.9 Å². The summed E-state index contributed by atoms with van der Waals surface area (Å²) in [4.78, 5) is 52.0. The molecular weight excluding hydrogens is 490 g/mol. The highest BCUT2D eigenvalue weighted by atomic mass is 16.5. The molecule has 0 spiro atoms. The Labute approximate surface area is 222 Å². The largest absolute Gasteiger partial charge is 0.493 e. The van der Waals surface area contributed by atoms with E-state index in [2.05, 4.69) is 0 Å². The van der Waals surface area contributed by atoms with Crippen molar-refractivity contribution in [2.75, 3.05) is 20.3 Å². The molecular formula is C29H35NO8. The second kappa shape index (κ2) is 9.93. The third-order valence-corrected chi connectivity index (χ3v) is 7.44. The molecule has 3 aliphatic rings. The van der Waals surface area contributed by atoms with Crippen LogP contribution in [0.5, 0.6) is 11.5 Å². The van der Waals surface area contributed by atoms with E-state index in [9.17, 15) is 24.3 Å². The second-order valence-electron chi connectivity index (χ2n) is 11.9. The fourth-order valence-corrected chi connectivity index (χ4v) is 5.98. The van der Waals surface area contributed by atoms with Gasteiger partial charge in [0.05, 0.1) is 13.5 Å². The number of carboxylic acids is 2. The van der Waals surface area contributed by atoms with Gasteiger partial charge in [-0.05, 0) is 41.4 Å². The molecule has 1 aliphatic heterocycles. The number of hydrogen-bond acceptors (Lipinski definition) is 7. The number of rotatable bonds is 8. The van der Waals surface area contributed by atoms with Crippen LogP contribution in [-0.2, 0) is 19.2 Å². The van der Waals surface area contributed by atoms with E-state index in [1.54, 1.807) is 18.2 Å². The predicted molar refractivity (Wildman–Crippen MR) is 138 cm³/mol. The van der Waals surface area contributed by atoms with Crippen LogP contribution in [-0.4, -0.2) is 58.9 Å². The Balaban J connectivity index is 1.93. The zero-order chi connectivity index (χ0) is 28.0. The van der Waals surface area contributed by atoms with Crippen LogP contribution in [0.25, 0.3) is 0 Å². The van der Waals surface area contributed by atoms with E-state index in [0.717, 1.165) is 11.4 Å². The van der Waals surface area contributed by atoms with Crippen LogP contribution < -0.4 is 9.47 Å². The van der Waals surface area contributed by atoms with Gasteiger partial charge in [-0.3, -0.25) is 14.4 Å². The summed E-state index contributed by atoms with van der Waals surface area (Å²) in [6, 6.07) is 5.04. The Morgan fingerprint density at radius 2 is 1.45 bits per heavy atom. The van der Waals surface area contributed by atoms with Crippen molar-refractivity contribution in [3.63, 3.8) is 0 Å². The van der Waals surface area contributed by atoms with Gasteiger partial charge in [0.25, 0.3) is 0 Å². The first-order valence-electron chi connectivity index (χ1n) is 12.8. The molecule has 9 heteroatoms. The number of benzene rings is 1. The molecule has 0 saturated carbocycles. The number of Topliss-reactive ketones (excluding diaryl/α,β-unsaturated/α-hetero) is 2. The molecule has 9 nitrogen and oxygen atoms in total. The number of allylic oxidation sites excluding steroid dienone is 4. The van der Waals surface area contributed by atoms with Gasteiger partial charge in [-0.25, -0.2) is 4.79 Å². The summed E-state index contributed by atoms with van der Waals surface area (Å²) in [5.41, 5.74) is 2.66. The normalized spacial score (nSPS) is 20.7. The third kappa shape index (κ3) is 5.33. The van der Waals surface area contributed by atoms with Gasteiger partial charge in [-0.1, -0.05) is 33.8 Å². The molecule has 0 aromatic heterocycles. The van der Waals surface area contributed by atoms with Gasteiger partial charge in [0.2, 0.25) is 0 Å². The van der Waals surface area contributed by atoms with Crippen LogP contribution in [0.4, 0.5) is 0 Å². The number of carboxylic acid groups (broad SMARTS) is 2. The smallest absolute Gasteiger partial charge is 0.341 e. The molecule has 0 saturated heterocycles. The summed E-state index contributed by atoms with van der Waals surface area (Å²) in [6.45, 7) is 7.74. The number of nitrogens with zero attached hydrogens (tertiary/aromatic N) is 1. The van der Waals surface area contributed by atoms with Gasteiger partial charge in [-0.2, -0.15) is 0 Å². The average molecular weight is 526 g/mol. The van der Waals surface area contributed by atoms with Gasteiger partial charge in [0, 0.05) is 47.8 Å². The summed E-state index contributed by atoms with van der Waals surface area (Å²) in [5.74, 6) is -2.27. The number of ketones is 2. The van der Waals surface area contributed by atoms with Gasteiger partial charge >= 0.3 is 11.9 Å². The standard InChI is InChI=1S/C29H35NO8/c1-28(2)11-17-26(19(31)13-28)25(16-6-7-21(22(10-16)37-5)38-15-24(35)36)27-18(30(17)9-8-23(33)34)12-29(3,4)14-20(27)32/h6-7,10,25H,8-9,11-15H2,1-5H3,(H,33,34)(H,35,36). The van der Waals surface area contributed by atoms with Crippen LogP contribution in [0.3, 0.4) is 0 Å². The molecule has 0 radical (unpaired) electrons. The van der Waals surface area contributed by atoms with Crippen molar-refractivity contribution >= 4 is 23.5 Å². The predicted octanol–water partition coefficient (Wildman–Crippen LogP) is 4.32. The fraction of sp³-hybridized carbons (Fsp3) is 0.517. The molecule has 4 rings (SSSR count). The first kappa shape index (κ1) is 27.4. The zero-order valence-electron chi connectivity index (χ0n) is 22.6. The minimum atomic E-state index is -1.12. The SMILES string of the molecule is COc1cc(C2C3=C(CC(C)(C)CC3=O)N(CCC(=O)O)C3=C2C(=O)CC(C)(C)C3)ccc1OCC(=O)O. The number of carbonyl (C=O) groups is 4. The van der Waals surface area contributed by atoms with E-state index in [1.807, 2.05) is 32.6 Å². The molecule has 1 aromatic carbocycles. The van der Waals surface area contributed by atoms with Crippen LogP contribution in [0.1, 0.15) is 71.3 Å². The molecule has 0 amide bonds. The van der Waals surface area contributed by atoms with Crippen molar-refractivity contribution in [1.82, 2.24) is 4.90 Å². The van der Waals surface area contributed by atoms with E-state index in [0.29, 0.717) is 48.1 Å². The molecule has 1 aromatic rings. The molecule has 0 bridgehead atoms. The average Bonchev–Trinajstić information content (AvgIpc) is 2.79. The lowest BCUT2D eigenvalue weighted by Gasteiger charge is -2.49. The lowest BCUT2D eigenvalue weighted by atomic mass is 9.63. The van der Waals surface area contributed by atoms with Gasteiger partial charge in [0.1, 0.15) is 0 Å². The maximum absolute atomic E-state index is 13.8. The fourth-order valence-electron chi connectivity index (χ4n) is 5.98. The Morgan fingerprint density at radius 3 is 1.92 bits per heavy atom. The van der Waals surface area contributed by atoms with Gasteiger partial charge < -0.3 is 24.6 Å². The molecule has 0 fully saturated rings. The summed E-state index contributed by atoms with van der Waals surface area (Å²) >= 11 is 0. The molecule has 1 heterocycles. The zero-order valence-corrected chi connectivity index (χ0v) is 22.6. The van der Waals surface area contributed by atoms with Gasteiger partial charge in [0.15, 0.2) is 29.7 Å². The Kier molecular flexibility index (Phi) is 7.16. The summed E-state index contributed by atoms with van der Waals surface area (Å²) in [6.07, 6.45) is 1.66. The molecule has 2 aliphatic carbocycles. The Morgan fingerprint density at radius 1 is 0.895 bits per heavy atom. The Hall–Kier alpha value is -3.62. The number of carbonyl (C=O) groups excluding carboxylic acids is 2. The first-order chi connectivity index (χ1) is 17.7. The van der Waals surface area contributed by atoms with E-state index in [1.165, 1.54) is 7.11 Å². The van der Waals surface area contributed by atoms with E-state index in [-0.39, 0.29) is 41.1 Å². The van der Waals surface area contributed by atoms with Crippen LogP contribution in [0.15, 0.2) is 40.7 Å². The molecule has 204 valence electrons. The third-order valence-electron chi connectivity index (χ3n) is 7.44. The minimum absolute atomic E-state index is 0.0593. The topological polar surface area (TPSA) is 130 Å². The maximum Gasteiger partial charge on any atom is 0.341 e. The molecule has 0 unspecified atom stereocenters. The van der Waals surface area contributed by atoms with Crippen molar-refractivity contribution in [2.24, 2.45) is 10.8 Å². The maximum atomic E-state index is 13.8. The summed E-state index contributed by atoms with van der Waals surface area (Å²) < 4.78 is 10.9. The van der Waals surface area contributed by atoms with Gasteiger partial charge in [-0.15, -0.1) is 0 Å². The van der Waals surface area contributed by atoms with E-state index < -0.39 is 24.5 Å².